The van der Waals surface area contributed by atoms with E-state index in [-0.39, 0.29) is 22.6 Å². The summed E-state index contributed by atoms with van der Waals surface area (Å²) in [7, 11) is 3.54. The van der Waals surface area contributed by atoms with Crippen molar-refractivity contribution in [1.82, 2.24) is 9.88 Å². The van der Waals surface area contributed by atoms with Gasteiger partial charge in [-0.3, -0.25) is 19.5 Å². The fraction of sp³-hybridized carbons (Fsp3) is 0.276. The quantitative estimate of drug-likeness (QED) is 0.295. The summed E-state index contributed by atoms with van der Waals surface area (Å²) in [6.07, 6.45) is 3.21. The number of piperazine rings is 1. The molecule has 3 aromatic rings. The number of carbonyl (C=O) groups is 2. The maximum Gasteiger partial charge on any atom is 0.300 e. The van der Waals surface area contributed by atoms with E-state index in [0.29, 0.717) is 16.3 Å². The van der Waals surface area contributed by atoms with Crippen molar-refractivity contribution in [2.24, 2.45) is 0 Å². The summed E-state index contributed by atoms with van der Waals surface area (Å²) in [5, 5.41) is 11.8. The van der Waals surface area contributed by atoms with E-state index in [1.807, 2.05) is 31.2 Å². The summed E-state index contributed by atoms with van der Waals surface area (Å²) in [5.41, 5.74) is 3.15. The van der Waals surface area contributed by atoms with Crippen molar-refractivity contribution in [2.75, 3.05) is 50.1 Å². The molecule has 1 unspecified atom stereocenters. The highest BCUT2D eigenvalue weighted by Gasteiger charge is 2.47. The summed E-state index contributed by atoms with van der Waals surface area (Å²) in [6, 6.07) is 13.6. The van der Waals surface area contributed by atoms with Crippen LogP contribution in [0.2, 0.25) is 5.02 Å². The van der Waals surface area contributed by atoms with E-state index in [0.717, 1.165) is 37.4 Å². The molecule has 0 saturated carbocycles. The molecule has 5 rings (SSSR count). The summed E-state index contributed by atoms with van der Waals surface area (Å²) < 4.78 is 5.45. The van der Waals surface area contributed by atoms with Crippen molar-refractivity contribution in [1.29, 1.82) is 0 Å². The van der Waals surface area contributed by atoms with Gasteiger partial charge in [0.25, 0.3) is 11.7 Å². The monoisotopic (exact) mass is 532 g/mol. The molecule has 3 heterocycles. The summed E-state index contributed by atoms with van der Waals surface area (Å²) >= 11 is 6.38. The van der Waals surface area contributed by atoms with Crippen LogP contribution in [-0.4, -0.2) is 67.0 Å². The van der Waals surface area contributed by atoms with Crippen molar-refractivity contribution in [3.8, 4) is 5.75 Å². The molecule has 2 aliphatic rings. The second-order valence-corrected chi connectivity index (χ2v) is 10.00. The van der Waals surface area contributed by atoms with Gasteiger partial charge < -0.3 is 19.6 Å². The molecule has 1 amide bonds. The van der Waals surface area contributed by atoms with Crippen LogP contribution in [0.15, 0.2) is 66.5 Å². The smallest absolute Gasteiger partial charge is 0.300 e. The number of benzene rings is 2. The van der Waals surface area contributed by atoms with Crippen LogP contribution in [0.5, 0.6) is 5.75 Å². The molecular weight excluding hydrogens is 504 g/mol. The van der Waals surface area contributed by atoms with E-state index in [4.69, 9.17) is 16.3 Å². The predicted molar refractivity (Wildman–Crippen MR) is 148 cm³/mol. The lowest BCUT2D eigenvalue weighted by Crippen LogP contribution is -2.44. The Balaban J connectivity index is 1.61. The van der Waals surface area contributed by atoms with Gasteiger partial charge in [-0.1, -0.05) is 17.7 Å². The molecule has 0 bridgehead atoms. The number of anilines is 2. The average molecular weight is 533 g/mol. The van der Waals surface area contributed by atoms with Crippen LogP contribution in [-0.2, 0) is 9.59 Å². The number of ketones is 1. The third kappa shape index (κ3) is 4.61. The molecule has 2 saturated heterocycles. The fourth-order valence-corrected chi connectivity index (χ4v) is 5.45. The van der Waals surface area contributed by atoms with Crippen molar-refractivity contribution < 1.29 is 19.4 Å². The van der Waals surface area contributed by atoms with Gasteiger partial charge in [-0.2, -0.15) is 0 Å². The Kier molecular flexibility index (Phi) is 7.10. The topological polar surface area (TPSA) is 86.2 Å². The number of carbonyl (C=O) groups excluding carboxylic acids is 2. The molecule has 1 atom stereocenters. The molecule has 2 fully saturated rings. The van der Waals surface area contributed by atoms with Crippen LogP contribution in [0.1, 0.15) is 22.7 Å². The minimum atomic E-state index is -0.887. The molecule has 2 aromatic carbocycles. The predicted octanol–water partition coefficient (Wildman–Crippen LogP) is 4.43. The molecule has 38 heavy (non-hydrogen) atoms. The molecule has 1 N–H and O–H groups in total. The number of aryl methyl sites for hydroxylation is 1. The van der Waals surface area contributed by atoms with E-state index in [9.17, 15) is 14.7 Å². The highest BCUT2D eigenvalue weighted by molar-refractivity contribution is 6.51. The number of halogens is 1. The lowest BCUT2D eigenvalue weighted by molar-refractivity contribution is -0.132. The van der Waals surface area contributed by atoms with Crippen molar-refractivity contribution in [3.63, 3.8) is 0 Å². The zero-order valence-electron chi connectivity index (χ0n) is 21.5. The number of likely N-dealkylation sites (N-methyl/N-ethyl adjacent to an activating group) is 1. The Bertz CT molecular complexity index is 1400. The lowest BCUT2D eigenvalue weighted by Gasteiger charge is -2.34. The van der Waals surface area contributed by atoms with Gasteiger partial charge in [0.15, 0.2) is 0 Å². The average Bonchev–Trinajstić information content (AvgIpc) is 3.19. The van der Waals surface area contributed by atoms with E-state index in [1.165, 1.54) is 12.0 Å². The van der Waals surface area contributed by atoms with E-state index in [1.54, 1.807) is 36.7 Å². The van der Waals surface area contributed by atoms with Gasteiger partial charge in [0.2, 0.25) is 0 Å². The highest BCUT2D eigenvalue weighted by atomic mass is 35.5. The Hall–Kier alpha value is -3.88. The largest absolute Gasteiger partial charge is 0.507 e. The SMILES string of the molecule is COc1c(Cl)cc(C)cc1/C(O)=C1\C(=O)C(=O)N(c2ccc(N3CCN(C)CC3)cc2)C1c1cccnc1. The number of nitrogens with zero attached hydrogens (tertiary/aromatic N) is 4. The van der Waals surface area contributed by atoms with Gasteiger partial charge in [0.1, 0.15) is 11.5 Å². The molecule has 1 aromatic heterocycles. The molecular formula is C29H29ClN4O4. The number of Topliss-reactive ketones (excluding diaryl/α,β-unsaturated/α-hetero) is 1. The third-order valence-electron chi connectivity index (χ3n) is 7.09. The molecule has 9 heteroatoms. The molecule has 196 valence electrons. The van der Waals surface area contributed by atoms with Crippen molar-refractivity contribution >= 4 is 40.4 Å². The van der Waals surface area contributed by atoms with Gasteiger partial charge in [0.05, 0.1) is 29.3 Å². The maximum absolute atomic E-state index is 13.5. The maximum atomic E-state index is 13.5. The number of aliphatic hydroxyl groups excluding tert-OH is 1. The second-order valence-electron chi connectivity index (χ2n) is 9.59. The third-order valence-corrected chi connectivity index (χ3v) is 7.37. The first-order valence-electron chi connectivity index (χ1n) is 12.4. The molecule has 2 aliphatic heterocycles. The van der Waals surface area contributed by atoms with Gasteiger partial charge in [-0.15, -0.1) is 0 Å². The van der Waals surface area contributed by atoms with Crippen LogP contribution in [0.4, 0.5) is 11.4 Å². The number of rotatable bonds is 5. The number of aromatic nitrogens is 1. The zero-order chi connectivity index (χ0) is 27.0. The molecule has 0 spiro atoms. The Labute approximate surface area is 226 Å². The van der Waals surface area contributed by atoms with Gasteiger partial charge in [0, 0.05) is 49.9 Å². The van der Waals surface area contributed by atoms with Gasteiger partial charge in [-0.25, -0.2) is 0 Å². The van der Waals surface area contributed by atoms with Crippen LogP contribution >= 0.6 is 11.6 Å². The number of methoxy groups -OCH3 is 1. The minimum absolute atomic E-state index is 0.0499. The van der Waals surface area contributed by atoms with Crippen LogP contribution in [0.3, 0.4) is 0 Å². The number of hydrogen-bond donors (Lipinski definition) is 1. The van der Waals surface area contributed by atoms with Crippen LogP contribution in [0.25, 0.3) is 5.76 Å². The van der Waals surface area contributed by atoms with Gasteiger partial charge >= 0.3 is 0 Å². The lowest BCUT2D eigenvalue weighted by atomic mass is 9.95. The van der Waals surface area contributed by atoms with Crippen molar-refractivity contribution in [3.05, 3.63) is 88.2 Å². The summed E-state index contributed by atoms with van der Waals surface area (Å²) in [6.45, 7) is 5.60. The van der Waals surface area contributed by atoms with Crippen LogP contribution < -0.4 is 14.5 Å². The number of ether oxygens (including phenoxy) is 1. The molecule has 8 nitrogen and oxygen atoms in total. The highest BCUT2D eigenvalue weighted by Crippen LogP contribution is 2.44. The zero-order valence-corrected chi connectivity index (χ0v) is 22.3. The number of amides is 1. The molecule has 0 aliphatic carbocycles. The number of aliphatic hydroxyl groups is 1. The number of hydrogen-bond acceptors (Lipinski definition) is 7. The Morgan fingerprint density at radius 1 is 1.05 bits per heavy atom. The number of pyridine rings is 1. The Morgan fingerprint density at radius 2 is 1.74 bits per heavy atom. The van der Waals surface area contributed by atoms with Crippen LogP contribution in [0, 0.1) is 6.92 Å². The first-order valence-corrected chi connectivity index (χ1v) is 12.8. The normalized spacial score (nSPS) is 19.7. The first kappa shape index (κ1) is 25.8. The summed E-state index contributed by atoms with van der Waals surface area (Å²) in [5.74, 6) is -1.65. The molecule has 0 radical (unpaired) electrons. The van der Waals surface area contributed by atoms with E-state index < -0.39 is 17.7 Å². The minimum Gasteiger partial charge on any atom is -0.507 e. The summed E-state index contributed by atoms with van der Waals surface area (Å²) in [4.78, 5) is 37.2. The van der Waals surface area contributed by atoms with E-state index in [2.05, 4.69) is 21.8 Å². The standard InChI is InChI=1S/C29H29ClN4O4/c1-18-15-22(28(38-3)23(30)16-18)26(35)24-25(19-5-4-10-31-17-19)34(29(37)27(24)36)21-8-6-20(7-9-21)33-13-11-32(2)12-14-33/h4-10,15-17,25,35H,11-14H2,1-3H3/b26-24+. The second kappa shape index (κ2) is 10.5. The fourth-order valence-electron chi connectivity index (χ4n) is 5.10. The first-order chi connectivity index (χ1) is 18.3. The van der Waals surface area contributed by atoms with E-state index >= 15 is 0 Å². The van der Waals surface area contributed by atoms with Crippen molar-refractivity contribution in [2.45, 2.75) is 13.0 Å². The van der Waals surface area contributed by atoms with Gasteiger partial charge in [-0.05, 0) is 67.6 Å². The Morgan fingerprint density at radius 3 is 2.37 bits per heavy atom.